The van der Waals surface area contributed by atoms with E-state index in [-0.39, 0.29) is 0 Å². The summed E-state index contributed by atoms with van der Waals surface area (Å²) in [6, 6.07) is 6.34. The zero-order valence-corrected chi connectivity index (χ0v) is 11.4. The van der Waals surface area contributed by atoms with Gasteiger partial charge in [-0.2, -0.15) is 37.9 Å². The van der Waals surface area contributed by atoms with Gasteiger partial charge in [-0.3, -0.25) is 4.98 Å². The van der Waals surface area contributed by atoms with Crippen molar-refractivity contribution in [2.45, 2.75) is 17.3 Å². The summed E-state index contributed by atoms with van der Waals surface area (Å²) >= 11 is 13.0. The lowest BCUT2D eigenvalue weighted by Gasteiger charge is -2.09. The quantitative estimate of drug-likeness (QED) is 0.723. The Kier molecular flexibility index (Phi) is 4.05. The fourth-order valence-corrected chi connectivity index (χ4v) is 2.59. The highest BCUT2D eigenvalue weighted by Crippen LogP contribution is 2.25. The zero-order chi connectivity index (χ0) is 11.5. The second-order valence-electron chi connectivity index (χ2n) is 3.58. The Morgan fingerprint density at radius 3 is 2.44 bits per heavy atom. The molecule has 16 heavy (non-hydrogen) atoms. The van der Waals surface area contributed by atoms with Crippen LogP contribution in [0.25, 0.3) is 10.8 Å². The molecule has 0 bridgehead atoms. The van der Waals surface area contributed by atoms with E-state index in [1.54, 1.807) is 0 Å². The third-order valence-corrected chi connectivity index (χ3v) is 3.62. The largest absolute Gasteiger partial charge is 0.259 e. The molecule has 0 saturated carbocycles. The number of hydrogen-bond donors (Lipinski definition) is 3. The van der Waals surface area contributed by atoms with E-state index in [0.717, 1.165) is 16.8 Å². The van der Waals surface area contributed by atoms with Gasteiger partial charge in [0.05, 0.1) is 5.69 Å². The zero-order valence-electron chi connectivity index (χ0n) is 8.72. The Bertz CT molecular complexity index is 506. The van der Waals surface area contributed by atoms with Crippen molar-refractivity contribution in [2.24, 2.45) is 0 Å². The normalized spacial score (nSPS) is 10.9. The number of hydrogen-bond acceptors (Lipinski definition) is 4. The van der Waals surface area contributed by atoms with Crippen LogP contribution in [-0.2, 0) is 17.3 Å². The molecule has 0 aliphatic carbocycles. The first kappa shape index (κ1) is 12.1. The minimum absolute atomic E-state index is 0.650. The molecule has 0 atom stereocenters. The van der Waals surface area contributed by atoms with Crippen molar-refractivity contribution in [2.75, 3.05) is 0 Å². The molecule has 0 aliphatic heterocycles. The Labute approximate surface area is 112 Å². The topological polar surface area (TPSA) is 12.9 Å². The minimum atomic E-state index is 0.650. The van der Waals surface area contributed by atoms with Gasteiger partial charge in [-0.1, -0.05) is 12.1 Å². The van der Waals surface area contributed by atoms with E-state index in [0.29, 0.717) is 11.5 Å². The number of benzene rings is 1. The third kappa shape index (κ3) is 2.19. The molecule has 0 amide bonds. The van der Waals surface area contributed by atoms with Gasteiger partial charge in [-0.25, -0.2) is 0 Å². The van der Waals surface area contributed by atoms with Gasteiger partial charge in [-0.05, 0) is 22.6 Å². The lowest BCUT2D eigenvalue weighted by molar-refractivity contribution is 1.15. The molecule has 84 valence electrons. The first-order valence-corrected chi connectivity index (χ1v) is 6.92. The Balaban J connectivity index is 2.73. The van der Waals surface area contributed by atoms with E-state index >= 15 is 0 Å². The highest BCUT2D eigenvalue weighted by molar-refractivity contribution is 7.79. The number of rotatable bonds is 3. The van der Waals surface area contributed by atoms with Gasteiger partial charge in [0.15, 0.2) is 0 Å². The average Bonchev–Trinajstić information content (AvgIpc) is 2.36. The summed E-state index contributed by atoms with van der Waals surface area (Å²) in [4.78, 5) is 4.41. The molecule has 1 aromatic heterocycles. The molecular weight excluding hydrogens is 254 g/mol. The molecule has 2 aromatic rings. The molecule has 0 saturated heterocycles. The SMILES string of the molecule is SCc1ccc2cnc(CS)c(CS)c2c1. The van der Waals surface area contributed by atoms with Crippen LogP contribution < -0.4 is 0 Å². The number of fused-ring (bicyclic) bond motifs is 1. The lowest BCUT2D eigenvalue weighted by Crippen LogP contribution is -1.95. The van der Waals surface area contributed by atoms with Crippen LogP contribution in [0, 0.1) is 0 Å². The first-order valence-electron chi connectivity index (χ1n) is 5.02. The first-order chi connectivity index (χ1) is 7.80. The molecule has 0 unspecified atom stereocenters. The molecule has 1 heterocycles. The summed E-state index contributed by atoms with van der Waals surface area (Å²) in [5.74, 6) is 2.09. The van der Waals surface area contributed by atoms with Crippen molar-refractivity contribution in [1.29, 1.82) is 0 Å². The summed E-state index contributed by atoms with van der Waals surface area (Å²) in [5, 5.41) is 2.38. The second kappa shape index (κ2) is 5.34. The predicted octanol–water partition coefficient (Wildman–Crippen LogP) is 3.52. The van der Waals surface area contributed by atoms with Crippen molar-refractivity contribution in [1.82, 2.24) is 4.98 Å². The van der Waals surface area contributed by atoms with E-state index in [1.165, 1.54) is 16.5 Å². The van der Waals surface area contributed by atoms with Crippen LogP contribution in [0.5, 0.6) is 0 Å². The minimum Gasteiger partial charge on any atom is -0.259 e. The standard InChI is InChI=1S/C12H13NS3/c14-5-8-1-2-9-4-13-12(7-16)11(6-15)10(9)3-8/h1-4,14-16H,5-7H2. The van der Waals surface area contributed by atoms with Gasteiger partial charge in [0, 0.05) is 28.8 Å². The monoisotopic (exact) mass is 267 g/mol. The molecule has 4 heteroatoms. The smallest absolute Gasteiger partial charge is 0.0546 e. The molecule has 1 aromatic carbocycles. The summed E-state index contributed by atoms with van der Waals surface area (Å²) in [6.45, 7) is 0. The van der Waals surface area contributed by atoms with Crippen LogP contribution in [0.2, 0.25) is 0 Å². The number of nitrogens with zero attached hydrogens (tertiary/aromatic N) is 1. The van der Waals surface area contributed by atoms with Crippen LogP contribution in [0.1, 0.15) is 16.8 Å². The number of thiol groups is 3. The predicted molar refractivity (Wildman–Crippen MR) is 79.8 cm³/mol. The number of pyridine rings is 1. The van der Waals surface area contributed by atoms with Gasteiger partial charge in [0.25, 0.3) is 0 Å². The molecule has 0 aliphatic rings. The van der Waals surface area contributed by atoms with Crippen LogP contribution >= 0.6 is 37.9 Å². The van der Waals surface area contributed by atoms with Gasteiger partial charge >= 0.3 is 0 Å². The van der Waals surface area contributed by atoms with Gasteiger partial charge in [0.1, 0.15) is 0 Å². The van der Waals surface area contributed by atoms with Gasteiger partial charge in [0.2, 0.25) is 0 Å². The lowest BCUT2D eigenvalue weighted by atomic mass is 10.0. The molecule has 0 fully saturated rings. The van der Waals surface area contributed by atoms with Gasteiger partial charge < -0.3 is 0 Å². The number of aromatic nitrogens is 1. The van der Waals surface area contributed by atoms with Crippen LogP contribution in [-0.4, -0.2) is 4.98 Å². The summed E-state index contributed by atoms with van der Waals surface area (Å²) in [7, 11) is 0. The molecule has 2 rings (SSSR count). The maximum Gasteiger partial charge on any atom is 0.0546 e. The average molecular weight is 267 g/mol. The summed E-state index contributed by atoms with van der Waals surface area (Å²) in [5.41, 5.74) is 3.41. The van der Waals surface area contributed by atoms with Crippen LogP contribution in [0.3, 0.4) is 0 Å². The van der Waals surface area contributed by atoms with Crippen molar-refractivity contribution in [3.05, 3.63) is 41.2 Å². The van der Waals surface area contributed by atoms with Gasteiger partial charge in [-0.15, -0.1) is 0 Å². The van der Waals surface area contributed by atoms with Crippen molar-refractivity contribution in [3.8, 4) is 0 Å². The molecule has 0 radical (unpaired) electrons. The fraction of sp³-hybridized carbons (Fsp3) is 0.250. The van der Waals surface area contributed by atoms with Crippen molar-refractivity contribution < 1.29 is 0 Å². The third-order valence-electron chi connectivity index (χ3n) is 2.64. The Morgan fingerprint density at radius 2 is 1.81 bits per heavy atom. The Hall–Kier alpha value is -0.320. The summed E-state index contributed by atoms with van der Waals surface area (Å²) < 4.78 is 0. The van der Waals surface area contributed by atoms with Crippen molar-refractivity contribution >= 4 is 48.7 Å². The maximum absolute atomic E-state index is 4.41. The molecule has 0 spiro atoms. The highest BCUT2D eigenvalue weighted by atomic mass is 32.1. The van der Waals surface area contributed by atoms with Crippen LogP contribution in [0.15, 0.2) is 24.4 Å². The van der Waals surface area contributed by atoms with Crippen molar-refractivity contribution in [3.63, 3.8) is 0 Å². The van der Waals surface area contributed by atoms with E-state index in [2.05, 4.69) is 61.1 Å². The molecule has 0 N–H and O–H groups in total. The maximum atomic E-state index is 4.41. The molecular formula is C12H13NS3. The molecule has 1 nitrogen and oxygen atoms in total. The van der Waals surface area contributed by atoms with Crippen LogP contribution in [0.4, 0.5) is 0 Å². The van der Waals surface area contributed by atoms with E-state index in [1.807, 2.05) is 6.20 Å². The van der Waals surface area contributed by atoms with E-state index in [9.17, 15) is 0 Å². The fourth-order valence-electron chi connectivity index (χ4n) is 1.77. The summed E-state index contributed by atoms with van der Waals surface area (Å²) in [6.07, 6.45) is 1.90. The van der Waals surface area contributed by atoms with E-state index in [4.69, 9.17) is 0 Å². The Morgan fingerprint density at radius 1 is 1.00 bits per heavy atom. The second-order valence-corrected chi connectivity index (χ2v) is 4.53. The van der Waals surface area contributed by atoms with E-state index < -0.39 is 0 Å². The highest BCUT2D eigenvalue weighted by Gasteiger charge is 2.07.